The van der Waals surface area contributed by atoms with Gasteiger partial charge in [0.25, 0.3) is 0 Å². The van der Waals surface area contributed by atoms with E-state index in [2.05, 4.69) is 17.1 Å². The number of anilines is 1. The molecule has 184 valence electrons. The first-order chi connectivity index (χ1) is 17.1. The number of fused-ring (bicyclic) bond motifs is 3. The van der Waals surface area contributed by atoms with Gasteiger partial charge in [0.15, 0.2) is 17.2 Å². The van der Waals surface area contributed by atoms with Crippen molar-refractivity contribution in [2.24, 2.45) is 0 Å². The summed E-state index contributed by atoms with van der Waals surface area (Å²) in [5.41, 5.74) is 2.65. The van der Waals surface area contributed by atoms with Crippen molar-refractivity contribution >= 4 is 23.4 Å². The molecule has 1 aromatic heterocycles. The molecule has 8 nitrogen and oxygen atoms in total. The van der Waals surface area contributed by atoms with Crippen LogP contribution in [0, 0.1) is 0 Å². The normalized spacial score (nSPS) is 14.4. The standard InChI is InChI=1S/C26H30N4O4S/c1-5-8-15-35-26-27-24-23(28-29-26)19-11-9-10-12-20(19)30(17(4)31)25(34-24)18-13-14-21(32-6-2)22(16-18)33-7-3/h9-14,16,25H,5-8,15H2,1-4H3/t25-/m1/s1. The molecule has 1 aliphatic heterocycles. The molecule has 0 unspecified atom stereocenters. The second kappa shape index (κ2) is 11.4. The van der Waals surface area contributed by atoms with Gasteiger partial charge in [0.2, 0.25) is 23.2 Å². The molecule has 1 amide bonds. The van der Waals surface area contributed by atoms with Gasteiger partial charge in [-0.25, -0.2) is 0 Å². The van der Waals surface area contributed by atoms with Gasteiger partial charge in [-0.1, -0.05) is 43.3 Å². The summed E-state index contributed by atoms with van der Waals surface area (Å²) in [4.78, 5) is 19.3. The minimum atomic E-state index is -0.782. The van der Waals surface area contributed by atoms with Gasteiger partial charge in [0, 0.05) is 23.8 Å². The molecule has 1 atom stereocenters. The van der Waals surface area contributed by atoms with Crippen molar-refractivity contribution in [3.8, 4) is 28.6 Å². The molecule has 0 saturated carbocycles. The largest absolute Gasteiger partial charge is 0.490 e. The third-order valence-corrected chi connectivity index (χ3v) is 6.36. The minimum Gasteiger partial charge on any atom is -0.490 e. The summed E-state index contributed by atoms with van der Waals surface area (Å²) in [6.45, 7) is 8.50. The smallest absolute Gasteiger partial charge is 0.247 e. The fourth-order valence-electron chi connectivity index (χ4n) is 3.86. The van der Waals surface area contributed by atoms with E-state index in [0.29, 0.717) is 47.1 Å². The molecular weight excluding hydrogens is 464 g/mol. The third-order valence-electron chi connectivity index (χ3n) is 5.43. The average molecular weight is 495 g/mol. The van der Waals surface area contributed by atoms with Gasteiger partial charge in [-0.3, -0.25) is 9.69 Å². The Hall–Kier alpha value is -3.33. The second-order valence-electron chi connectivity index (χ2n) is 7.90. The number of hydrogen-bond donors (Lipinski definition) is 0. The van der Waals surface area contributed by atoms with Crippen molar-refractivity contribution < 1.29 is 19.0 Å². The van der Waals surface area contributed by atoms with Crippen molar-refractivity contribution in [3.05, 3.63) is 48.0 Å². The highest BCUT2D eigenvalue weighted by Crippen LogP contribution is 2.44. The van der Waals surface area contributed by atoms with E-state index >= 15 is 0 Å². The zero-order valence-electron chi connectivity index (χ0n) is 20.5. The van der Waals surface area contributed by atoms with Crippen LogP contribution in [-0.4, -0.2) is 40.1 Å². The first kappa shape index (κ1) is 24.8. The maximum atomic E-state index is 13.0. The molecule has 3 aromatic rings. The van der Waals surface area contributed by atoms with E-state index in [0.717, 1.165) is 29.7 Å². The van der Waals surface area contributed by atoms with Crippen molar-refractivity contribution in [1.82, 2.24) is 15.2 Å². The van der Waals surface area contributed by atoms with Crippen LogP contribution in [0.5, 0.6) is 17.4 Å². The van der Waals surface area contributed by atoms with Crippen LogP contribution in [0.1, 0.15) is 52.3 Å². The number of rotatable bonds is 9. The fourth-order valence-corrected chi connectivity index (χ4v) is 4.72. The van der Waals surface area contributed by atoms with Crippen LogP contribution < -0.4 is 19.1 Å². The summed E-state index contributed by atoms with van der Waals surface area (Å²) in [6.07, 6.45) is 1.36. The van der Waals surface area contributed by atoms with Crippen LogP contribution in [0.3, 0.4) is 0 Å². The SMILES string of the molecule is CCCCSc1nnc2c(n1)O[C@H](c1ccc(OCC)c(OCC)c1)N(C(C)=O)c1ccccc1-2. The zero-order valence-corrected chi connectivity index (χ0v) is 21.3. The lowest BCUT2D eigenvalue weighted by Gasteiger charge is -2.30. The molecule has 9 heteroatoms. The number of thioether (sulfide) groups is 1. The Balaban J connectivity index is 1.84. The van der Waals surface area contributed by atoms with Crippen LogP contribution >= 0.6 is 11.8 Å². The summed E-state index contributed by atoms with van der Waals surface area (Å²) in [5, 5.41) is 9.34. The van der Waals surface area contributed by atoms with Crippen LogP contribution in [0.25, 0.3) is 11.3 Å². The summed E-state index contributed by atoms with van der Waals surface area (Å²) in [6, 6.07) is 13.1. The molecule has 0 spiro atoms. The van der Waals surface area contributed by atoms with E-state index in [-0.39, 0.29) is 5.91 Å². The second-order valence-corrected chi connectivity index (χ2v) is 8.96. The van der Waals surface area contributed by atoms with Gasteiger partial charge in [-0.2, -0.15) is 4.98 Å². The van der Waals surface area contributed by atoms with E-state index in [1.165, 1.54) is 6.92 Å². The summed E-state index contributed by atoms with van der Waals surface area (Å²) >= 11 is 1.54. The number of para-hydroxylation sites is 1. The van der Waals surface area contributed by atoms with Gasteiger partial charge >= 0.3 is 0 Å². The number of carbonyl (C=O) groups excluding carboxylic acids is 1. The number of unbranched alkanes of at least 4 members (excludes halogenated alkanes) is 1. The van der Waals surface area contributed by atoms with E-state index in [9.17, 15) is 4.79 Å². The molecule has 0 radical (unpaired) electrons. The van der Waals surface area contributed by atoms with Crippen molar-refractivity contribution in [3.63, 3.8) is 0 Å². The van der Waals surface area contributed by atoms with Crippen molar-refractivity contribution in [2.45, 2.75) is 51.9 Å². The summed E-state index contributed by atoms with van der Waals surface area (Å²) < 4.78 is 18.0. The molecule has 0 N–H and O–H groups in total. The molecule has 2 heterocycles. The maximum Gasteiger partial charge on any atom is 0.247 e. The molecule has 4 rings (SSSR count). The van der Waals surface area contributed by atoms with Gasteiger partial charge < -0.3 is 14.2 Å². The molecule has 0 aliphatic carbocycles. The number of benzene rings is 2. The molecule has 0 saturated heterocycles. The third kappa shape index (κ3) is 5.35. The Morgan fingerprint density at radius 3 is 2.57 bits per heavy atom. The number of ether oxygens (including phenoxy) is 3. The van der Waals surface area contributed by atoms with Crippen LogP contribution in [0.2, 0.25) is 0 Å². The van der Waals surface area contributed by atoms with Crippen LogP contribution in [0.4, 0.5) is 5.69 Å². The Morgan fingerprint density at radius 2 is 1.83 bits per heavy atom. The van der Waals surface area contributed by atoms with E-state index in [1.807, 2.05) is 56.3 Å². The Kier molecular flexibility index (Phi) is 8.07. The van der Waals surface area contributed by atoms with Crippen LogP contribution in [-0.2, 0) is 4.79 Å². The van der Waals surface area contributed by atoms with E-state index < -0.39 is 6.23 Å². The zero-order chi connectivity index (χ0) is 24.8. The Morgan fingerprint density at radius 1 is 1.06 bits per heavy atom. The fraction of sp³-hybridized carbons (Fsp3) is 0.385. The summed E-state index contributed by atoms with van der Waals surface area (Å²) in [7, 11) is 0. The molecule has 0 bridgehead atoms. The Labute approximate surface area is 210 Å². The first-order valence-corrected chi connectivity index (χ1v) is 12.9. The van der Waals surface area contributed by atoms with Gasteiger partial charge in [0.05, 0.1) is 18.9 Å². The lowest BCUT2D eigenvalue weighted by molar-refractivity contribution is -0.118. The minimum absolute atomic E-state index is 0.174. The van der Waals surface area contributed by atoms with Gasteiger partial charge in [0.1, 0.15) is 0 Å². The highest BCUT2D eigenvalue weighted by molar-refractivity contribution is 7.99. The average Bonchev–Trinajstić information content (AvgIpc) is 3.00. The molecule has 2 aromatic carbocycles. The number of aromatic nitrogens is 3. The predicted molar refractivity (Wildman–Crippen MR) is 136 cm³/mol. The van der Waals surface area contributed by atoms with E-state index in [4.69, 9.17) is 19.2 Å². The number of carbonyl (C=O) groups is 1. The van der Waals surface area contributed by atoms with Crippen molar-refractivity contribution in [2.75, 3.05) is 23.9 Å². The predicted octanol–water partition coefficient (Wildman–Crippen LogP) is 5.67. The number of hydrogen-bond acceptors (Lipinski definition) is 8. The summed E-state index contributed by atoms with van der Waals surface area (Å²) in [5.74, 6) is 2.29. The topological polar surface area (TPSA) is 86.7 Å². The van der Waals surface area contributed by atoms with Gasteiger partial charge in [-0.15, -0.1) is 10.2 Å². The Bertz CT molecular complexity index is 1190. The molecule has 35 heavy (non-hydrogen) atoms. The first-order valence-electron chi connectivity index (χ1n) is 11.9. The number of nitrogens with zero attached hydrogens (tertiary/aromatic N) is 4. The lowest BCUT2D eigenvalue weighted by Crippen LogP contribution is -2.36. The maximum absolute atomic E-state index is 13.0. The highest BCUT2D eigenvalue weighted by atomic mass is 32.2. The van der Waals surface area contributed by atoms with Gasteiger partial charge in [-0.05, 0) is 44.5 Å². The highest BCUT2D eigenvalue weighted by Gasteiger charge is 2.35. The van der Waals surface area contributed by atoms with Crippen molar-refractivity contribution in [1.29, 1.82) is 0 Å². The lowest BCUT2D eigenvalue weighted by atomic mass is 10.1. The van der Waals surface area contributed by atoms with Crippen LogP contribution in [0.15, 0.2) is 47.6 Å². The molecule has 1 aliphatic rings. The molecular formula is C26H30N4O4S. The number of amides is 1. The quantitative estimate of drug-likeness (QED) is 0.278. The van der Waals surface area contributed by atoms with E-state index in [1.54, 1.807) is 16.7 Å². The molecule has 0 fully saturated rings. The monoisotopic (exact) mass is 494 g/mol.